The molecule has 0 spiro atoms. The lowest BCUT2D eigenvalue weighted by Crippen LogP contribution is -2.41. The molecule has 0 aromatic rings. The highest BCUT2D eigenvalue weighted by Gasteiger charge is 2.20. The molecule has 1 heteroatoms. The van der Waals surface area contributed by atoms with Crippen molar-refractivity contribution in [2.75, 3.05) is 0 Å². The van der Waals surface area contributed by atoms with Crippen LogP contribution in [0.3, 0.4) is 0 Å². The summed E-state index contributed by atoms with van der Waals surface area (Å²) in [6.45, 7) is 9.28. The monoisotopic (exact) mass is 183 g/mol. The highest BCUT2D eigenvalue weighted by atomic mass is 14.9. The number of rotatable bonds is 3. The minimum absolute atomic E-state index is 0.676. The second kappa shape index (κ2) is 4.99. The Bertz CT molecular complexity index is 142. The third kappa shape index (κ3) is 3.68. The fraction of sp³-hybridized carbons (Fsp3) is 1.00. The van der Waals surface area contributed by atoms with Gasteiger partial charge < -0.3 is 5.32 Å². The molecule has 13 heavy (non-hydrogen) atoms. The van der Waals surface area contributed by atoms with Gasteiger partial charge in [0.15, 0.2) is 0 Å². The average molecular weight is 183 g/mol. The molecule has 1 rings (SSSR count). The smallest absolute Gasteiger partial charge is 0.00721 e. The summed E-state index contributed by atoms with van der Waals surface area (Å²) in [5.41, 5.74) is 0. The van der Waals surface area contributed by atoms with Gasteiger partial charge in [-0.1, -0.05) is 33.6 Å². The van der Waals surface area contributed by atoms with Crippen molar-refractivity contribution in [2.24, 2.45) is 11.8 Å². The van der Waals surface area contributed by atoms with Crippen molar-refractivity contribution in [3.8, 4) is 0 Å². The first-order valence-electron chi connectivity index (χ1n) is 5.85. The van der Waals surface area contributed by atoms with E-state index in [9.17, 15) is 0 Å². The summed E-state index contributed by atoms with van der Waals surface area (Å²) in [6.07, 6.45) is 5.64. The number of nitrogens with one attached hydrogen (secondary N) is 1. The van der Waals surface area contributed by atoms with Crippen molar-refractivity contribution >= 4 is 0 Å². The Morgan fingerprint density at radius 2 is 1.85 bits per heavy atom. The summed E-state index contributed by atoms with van der Waals surface area (Å²) in [5, 5.41) is 3.75. The molecule has 1 N–H and O–H groups in total. The molecule has 0 aromatic heterocycles. The fourth-order valence-corrected chi connectivity index (χ4v) is 2.15. The largest absolute Gasteiger partial charge is 0.311 e. The Morgan fingerprint density at radius 1 is 1.15 bits per heavy atom. The van der Waals surface area contributed by atoms with E-state index in [1.54, 1.807) is 0 Å². The third-order valence-corrected chi connectivity index (χ3v) is 3.43. The van der Waals surface area contributed by atoms with Gasteiger partial charge in [0.25, 0.3) is 0 Å². The van der Waals surface area contributed by atoms with Gasteiger partial charge >= 0.3 is 0 Å². The summed E-state index contributed by atoms with van der Waals surface area (Å²) in [7, 11) is 0. The summed E-state index contributed by atoms with van der Waals surface area (Å²) in [4.78, 5) is 0. The maximum absolute atomic E-state index is 3.75. The zero-order valence-corrected chi connectivity index (χ0v) is 9.64. The van der Waals surface area contributed by atoms with Crippen molar-refractivity contribution in [1.82, 2.24) is 5.32 Å². The Hall–Kier alpha value is -0.0400. The molecule has 1 aliphatic rings. The molecule has 3 atom stereocenters. The molecule has 0 heterocycles. The Balaban J connectivity index is 2.27. The van der Waals surface area contributed by atoms with E-state index in [-0.39, 0.29) is 0 Å². The minimum Gasteiger partial charge on any atom is -0.311 e. The van der Waals surface area contributed by atoms with Crippen LogP contribution in [0.5, 0.6) is 0 Å². The van der Waals surface area contributed by atoms with E-state index < -0.39 is 0 Å². The SMILES string of the molecule is CC(C)[C@@H](C)N[C@H]1CCC[C@@H](C)C1. The lowest BCUT2D eigenvalue weighted by Gasteiger charge is -2.31. The van der Waals surface area contributed by atoms with E-state index in [1.807, 2.05) is 0 Å². The van der Waals surface area contributed by atoms with Crippen molar-refractivity contribution in [2.45, 2.75) is 65.5 Å². The van der Waals surface area contributed by atoms with Crippen LogP contribution >= 0.6 is 0 Å². The molecule has 0 radical (unpaired) electrons. The van der Waals surface area contributed by atoms with Crippen LogP contribution in [-0.4, -0.2) is 12.1 Å². The molecule has 0 amide bonds. The summed E-state index contributed by atoms with van der Waals surface area (Å²) >= 11 is 0. The maximum Gasteiger partial charge on any atom is 0.00721 e. The number of hydrogen-bond donors (Lipinski definition) is 1. The van der Waals surface area contributed by atoms with Crippen LogP contribution in [0.15, 0.2) is 0 Å². The second-order valence-corrected chi connectivity index (χ2v) is 5.17. The minimum atomic E-state index is 0.676. The molecule has 1 fully saturated rings. The van der Waals surface area contributed by atoms with Crippen LogP contribution in [0.4, 0.5) is 0 Å². The van der Waals surface area contributed by atoms with Gasteiger partial charge in [-0.15, -0.1) is 0 Å². The molecular weight excluding hydrogens is 158 g/mol. The molecular formula is C12H25N. The topological polar surface area (TPSA) is 12.0 Å². The predicted molar refractivity (Wildman–Crippen MR) is 58.9 cm³/mol. The van der Waals surface area contributed by atoms with Gasteiger partial charge in [-0.3, -0.25) is 0 Å². The summed E-state index contributed by atoms with van der Waals surface area (Å²) in [5.74, 6) is 1.70. The molecule has 1 saturated carbocycles. The molecule has 0 aromatic carbocycles. The zero-order chi connectivity index (χ0) is 9.84. The standard InChI is InChI=1S/C12H25N/c1-9(2)11(4)13-12-7-5-6-10(3)8-12/h9-13H,5-8H2,1-4H3/t10-,11-,12+/m1/s1. The molecule has 1 nitrogen and oxygen atoms in total. The van der Waals surface area contributed by atoms with E-state index in [4.69, 9.17) is 0 Å². The predicted octanol–water partition coefficient (Wildman–Crippen LogP) is 3.20. The molecule has 78 valence electrons. The average Bonchev–Trinajstić information content (AvgIpc) is 2.04. The zero-order valence-electron chi connectivity index (χ0n) is 9.64. The molecule has 0 unspecified atom stereocenters. The second-order valence-electron chi connectivity index (χ2n) is 5.17. The molecule has 0 saturated heterocycles. The van der Waals surface area contributed by atoms with E-state index in [2.05, 4.69) is 33.0 Å². The Labute approximate surface area is 83.3 Å². The van der Waals surface area contributed by atoms with Crippen LogP contribution < -0.4 is 5.32 Å². The van der Waals surface area contributed by atoms with Gasteiger partial charge in [0.1, 0.15) is 0 Å². The molecule has 0 bridgehead atoms. The first-order valence-corrected chi connectivity index (χ1v) is 5.85. The van der Waals surface area contributed by atoms with Gasteiger partial charge in [0, 0.05) is 12.1 Å². The van der Waals surface area contributed by atoms with Crippen molar-refractivity contribution in [3.63, 3.8) is 0 Å². The van der Waals surface area contributed by atoms with Crippen LogP contribution in [0.2, 0.25) is 0 Å². The van der Waals surface area contributed by atoms with Crippen molar-refractivity contribution in [1.29, 1.82) is 0 Å². The van der Waals surface area contributed by atoms with Gasteiger partial charge in [0.2, 0.25) is 0 Å². The first kappa shape index (κ1) is 11.0. The van der Waals surface area contributed by atoms with Gasteiger partial charge in [-0.2, -0.15) is 0 Å². The highest BCUT2D eigenvalue weighted by molar-refractivity contribution is 4.79. The van der Waals surface area contributed by atoms with E-state index in [0.29, 0.717) is 6.04 Å². The quantitative estimate of drug-likeness (QED) is 0.708. The number of hydrogen-bond acceptors (Lipinski definition) is 1. The van der Waals surface area contributed by atoms with E-state index >= 15 is 0 Å². The van der Waals surface area contributed by atoms with Gasteiger partial charge in [0.05, 0.1) is 0 Å². The summed E-state index contributed by atoms with van der Waals surface area (Å²) < 4.78 is 0. The van der Waals surface area contributed by atoms with Crippen LogP contribution in [-0.2, 0) is 0 Å². The molecule has 0 aliphatic heterocycles. The Morgan fingerprint density at radius 3 is 2.38 bits per heavy atom. The lowest BCUT2D eigenvalue weighted by molar-refractivity contribution is 0.265. The van der Waals surface area contributed by atoms with Crippen LogP contribution in [0.1, 0.15) is 53.4 Å². The lowest BCUT2D eigenvalue weighted by atomic mass is 9.86. The maximum atomic E-state index is 3.75. The van der Waals surface area contributed by atoms with Crippen molar-refractivity contribution < 1.29 is 0 Å². The highest BCUT2D eigenvalue weighted by Crippen LogP contribution is 2.24. The fourth-order valence-electron chi connectivity index (χ4n) is 2.15. The van der Waals surface area contributed by atoms with Crippen LogP contribution in [0.25, 0.3) is 0 Å². The van der Waals surface area contributed by atoms with Crippen molar-refractivity contribution in [3.05, 3.63) is 0 Å². The summed E-state index contributed by atoms with van der Waals surface area (Å²) in [6, 6.07) is 1.47. The van der Waals surface area contributed by atoms with E-state index in [1.165, 1.54) is 25.7 Å². The van der Waals surface area contributed by atoms with Gasteiger partial charge in [-0.05, 0) is 31.6 Å². The van der Waals surface area contributed by atoms with Gasteiger partial charge in [-0.25, -0.2) is 0 Å². The normalized spacial score (nSPS) is 32.1. The molecule has 1 aliphatic carbocycles. The Kier molecular flexibility index (Phi) is 4.24. The van der Waals surface area contributed by atoms with Crippen LogP contribution in [0, 0.1) is 11.8 Å². The third-order valence-electron chi connectivity index (χ3n) is 3.43. The first-order chi connectivity index (χ1) is 6.09. The van der Waals surface area contributed by atoms with E-state index in [0.717, 1.165) is 17.9 Å².